The Balaban J connectivity index is 2.19. The number of non-ortho nitro benzene ring substituents is 1. The molecule has 0 aliphatic carbocycles. The van der Waals surface area contributed by atoms with Gasteiger partial charge in [0.25, 0.3) is 5.69 Å². The van der Waals surface area contributed by atoms with Crippen LogP contribution in [0.15, 0.2) is 36.4 Å². The van der Waals surface area contributed by atoms with E-state index in [1.165, 1.54) is 23.1 Å². The minimum absolute atomic E-state index is 0.129. The SMILES string of the molecule is Nc1ccc([N+](=O)[O-])cc1N(C=O)CCc1ccc(Cl)c(Cl)c1. The Bertz CT molecular complexity index is 753. The van der Waals surface area contributed by atoms with Crippen LogP contribution in [0.1, 0.15) is 5.56 Å². The molecule has 0 aliphatic rings. The van der Waals surface area contributed by atoms with E-state index < -0.39 is 4.92 Å². The van der Waals surface area contributed by atoms with E-state index in [1.54, 1.807) is 18.2 Å². The van der Waals surface area contributed by atoms with Crippen LogP contribution >= 0.6 is 23.2 Å². The number of carbonyl (C=O) groups is 1. The zero-order chi connectivity index (χ0) is 17.0. The van der Waals surface area contributed by atoms with E-state index in [0.29, 0.717) is 35.1 Å². The summed E-state index contributed by atoms with van der Waals surface area (Å²) in [5.41, 5.74) is 7.16. The first-order valence-corrected chi connectivity index (χ1v) is 7.37. The Hall–Kier alpha value is -2.31. The molecule has 0 atom stereocenters. The predicted molar refractivity (Wildman–Crippen MR) is 91.1 cm³/mol. The lowest BCUT2D eigenvalue weighted by molar-refractivity contribution is -0.384. The summed E-state index contributed by atoms with van der Waals surface area (Å²) < 4.78 is 0. The summed E-state index contributed by atoms with van der Waals surface area (Å²) in [4.78, 5) is 23.0. The van der Waals surface area contributed by atoms with Crippen LogP contribution in [-0.2, 0) is 11.2 Å². The molecule has 2 aromatic rings. The first-order chi connectivity index (χ1) is 10.9. The van der Waals surface area contributed by atoms with Gasteiger partial charge in [-0.25, -0.2) is 0 Å². The number of nitro groups is 1. The third-order valence-corrected chi connectivity index (χ3v) is 4.03. The van der Waals surface area contributed by atoms with Crippen molar-refractivity contribution in [2.24, 2.45) is 0 Å². The maximum Gasteiger partial charge on any atom is 0.271 e. The van der Waals surface area contributed by atoms with Crippen molar-refractivity contribution in [2.75, 3.05) is 17.2 Å². The molecule has 23 heavy (non-hydrogen) atoms. The molecule has 0 unspecified atom stereocenters. The minimum atomic E-state index is -0.537. The fourth-order valence-corrected chi connectivity index (χ4v) is 2.39. The topological polar surface area (TPSA) is 89.5 Å². The van der Waals surface area contributed by atoms with Crippen LogP contribution in [0, 0.1) is 10.1 Å². The molecule has 120 valence electrons. The number of hydrogen-bond acceptors (Lipinski definition) is 4. The van der Waals surface area contributed by atoms with E-state index in [-0.39, 0.29) is 11.4 Å². The van der Waals surface area contributed by atoms with Gasteiger partial charge in [-0.1, -0.05) is 29.3 Å². The van der Waals surface area contributed by atoms with Gasteiger partial charge in [0.15, 0.2) is 0 Å². The first-order valence-electron chi connectivity index (χ1n) is 6.62. The lowest BCUT2D eigenvalue weighted by Gasteiger charge is -2.19. The Morgan fingerprint density at radius 3 is 2.52 bits per heavy atom. The molecule has 0 aromatic heterocycles. The van der Waals surface area contributed by atoms with Crippen molar-refractivity contribution in [3.63, 3.8) is 0 Å². The summed E-state index contributed by atoms with van der Waals surface area (Å²) >= 11 is 11.8. The molecule has 0 heterocycles. The molecule has 0 radical (unpaired) electrons. The van der Waals surface area contributed by atoms with Gasteiger partial charge in [0.1, 0.15) is 0 Å². The van der Waals surface area contributed by atoms with Crippen molar-refractivity contribution in [1.29, 1.82) is 0 Å². The van der Waals surface area contributed by atoms with Gasteiger partial charge in [-0.3, -0.25) is 14.9 Å². The van der Waals surface area contributed by atoms with Gasteiger partial charge in [-0.2, -0.15) is 0 Å². The van der Waals surface area contributed by atoms with Gasteiger partial charge in [0.05, 0.1) is 26.3 Å². The number of benzene rings is 2. The van der Waals surface area contributed by atoms with E-state index >= 15 is 0 Å². The van der Waals surface area contributed by atoms with Crippen LogP contribution in [-0.4, -0.2) is 17.9 Å². The molecule has 0 fully saturated rings. The maximum absolute atomic E-state index is 11.3. The smallest absolute Gasteiger partial charge is 0.271 e. The second-order valence-corrected chi connectivity index (χ2v) is 5.61. The van der Waals surface area contributed by atoms with Crippen molar-refractivity contribution in [3.8, 4) is 0 Å². The predicted octanol–water partition coefficient (Wildman–Crippen LogP) is 3.69. The molecule has 2 N–H and O–H groups in total. The summed E-state index contributed by atoms with van der Waals surface area (Å²) in [6, 6.07) is 9.16. The molecule has 0 aliphatic heterocycles. The highest BCUT2D eigenvalue weighted by Gasteiger charge is 2.15. The largest absolute Gasteiger partial charge is 0.397 e. The number of nitro benzene ring substituents is 1. The monoisotopic (exact) mass is 353 g/mol. The van der Waals surface area contributed by atoms with Gasteiger partial charge in [-0.05, 0) is 30.2 Å². The van der Waals surface area contributed by atoms with Crippen molar-refractivity contribution in [3.05, 3.63) is 62.1 Å². The van der Waals surface area contributed by atoms with E-state index in [0.717, 1.165) is 5.56 Å². The van der Waals surface area contributed by atoms with Crippen LogP contribution in [0.3, 0.4) is 0 Å². The summed E-state index contributed by atoms with van der Waals surface area (Å²) in [7, 11) is 0. The Labute approximate surface area is 142 Å². The standard InChI is InChI=1S/C15H13Cl2N3O3/c16-12-3-1-10(7-13(12)17)5-6-19(9-21)15-8-11(20(22)23)2-4-14(15)18/h1-4,7-9H,5-6,18H2. The van der Waals surface area contributed by atoms with Gasteiger partial charge in [0.2, 0.25) is 6.41 Å². The molecule has 0 spiro atoms. The second kappa shape index (κ2) is 7.30. The third kappa shape index (κ3) is 4.12. The Morgan fingerprint density at radius 1 is 1.17 bits per heavy atom. The maximum atomic E-state index is 11.3. The van der Waals surface area contributed by atoms with Crippen molar-refractivity contribution >= 4 is 46.7 Å². The lowest BCUT2D eigenvalue weighted by atomic mass is 10.1. The number of hydrogen-bond donors (Lipinski definition) is 1. The summed E-state index contributed by atoms with van der Waals surface area (Å²) in [6.45, 7) is 0.298. The van der Waals surface area contributed by atoms with E-state index in [9.17, 15) is 14.9 Å². The van der Waals surface area contributed by atoms with Crippen molar-refractivity contribution < 1.29 is 9.72 Å². The van der Waals surface area contributed by atoms with Crippen LogP contribution in [0.4, 0.5) is 17.1 Å². The van der Waals surface area contributed by atoms with E-state index in [1.807, 2.05) is 0 Å². The highest BCUT2D eigenvalue weighted by Crippen LogP contribution is 2.28. The molecule has 0 saturated heterocycles. The van der Waals surface area contributed by atoms with Gasteiger partial charge in [-0.15, -0.1) is 0 Å². The lowest BCUT2D eigenvalue weighted by Crippen LogP contribution is -2.25. The van der Waals surface area contributed by atoms with Crippen LogP contribution in [0.5, 0.6) is 0 Å². The highest BCUT2D eigenvalue weighted by atomic mass is 35.5. The van der Waals surface area contributed by atoms with Crippen molar-refractivity contribution in [1.82, 2.24) is 0 Å². The van der Waals surface area contributed by atoms with Gasteiger partial charge in [0, 0.05) is 18.7 Å². The average molecular weight is 354 g/mol. The number of amides is 1. The molecule has 6 nitrogen and oxygen atoms in total. The quantitative estimate of drug-likeness (QED) is 0.371. The fourth-order valence-electron chi connectivity index (χ4n) is 2.07. The third-order valence-electron chi connectivity index (χ3n) is 3.29. The zero-order valence-electron chi connectivity index (χ0n) is 11.9. The summed E-state index contributed by atoms with van der Waals surface area (Å²) in [5.74, 6) is 0. The van der Waals surface area contributed by atoms with Crippen LogP contribution < -0.4 is 10.6 Å². The number of carbonyl (C=O) groups excluding carboxylic acids is 1. The number of nitrogens with two attached hydrogens (primary N) is 1. The zero-order valence-corrected chi connectivity index (χ0v) is 13.4. The van der Waals surface area contributed by atoms with Gasteiger partial charge < -0.3 is 10.6 Å². The number of halogens is 2. The van der Waals surface area contributed by atoms with Crippen LogP contribution in [0.2, 0.25) is 10.0 Å². The molecule has 2 rings (SSSR count). The Kier molecular flexibility index (Phi) is 5.41. The molecular weight excluding hydrogens is 341 g/mol. The molecule has 0 bridgehead atoms. The molecule has 1 amide bonds. The normalized spacial score (nSPS) is 10.3. The Morgan fingerprint density at radius 2 is 1.91 bits per heavy atom. The fraction of sp³-hybridized carbons (Fsp3) is 0.133. The van der Waals surface area contributed by atoms with Crippen molar-refractivity contribution in [2.45, 2.75) is 6.42 Å². The van der Waals surface area contributed by atoms with E-state index in [2.05, 4.69) is 0 Å². The van der Waals surface area contributed by atoms with Crippen LogP contribution in [0.25, 0.3) is 0 Å². The summed E-state index contributed by atoms with van der Waals surface area (Å²) in [5, 5.41) is 11.7. The number of rotatable bonds is 6. The van der Waals surface area contributed by atoms with E-state index in [4.69, 9.17) is 28.9 Å². The number of nitrogen functional groups attached to an aromatic ring is 1. The first kappa shape index (κ1) is 17.1. The number of nitrogens with zero attached hydrogens (tertiary/aromatic N) is 2. The highest BCUT2D eigenvalue weighted by molar-refractivity contribution is 6.42. The molecule has 0 saturated carbocycles. The average Bonchev–Trinajstić information content (AvgIpc) is 2.52. The molecule has 2 aromatic carbocycles. The molecular formula is C15H13Cl2N3O3. The number of anilines is 2. The van der Waals surface area contributed by atoms with Gasteiger partial charge >= 0.3 is 0 Å². The molecule has 8 heteroatoms. The minimum Gasteiger partial charge on any atom is -0.397 e. The summed E-state index contributed by atoms with van der Waals surface area (Å²) in [6.07, 6.45) is 1.09. The second-order valence-electron chi connectivity index (χ2n) is 4.80.